The van der Waals surface area contributed by atoms with E-state index in [-0.39, 0.29) is 24.1 Å². The first-order valence-corrected chi connectivity index (χ1v) is 8.75. The molecular formula is C18H22N4O3. The monoisotopic (exact) mass is 342 g/mol. The molecule has 25 heavy (non-hydrogen) atoms. The van der Waals surface area contributed by atoms with Crippen LogP contribution in [0.4, 0.5) is 0 Å². The highest BCUT2D eigenvalue weighted by atomic mass is 16.2. The molecule has 132 valence electrons. The van der Waals surface area contributed by atoms with Gasteiger partial charge in [-0.05, 0) is 42.5 Å². The number of nitrogens with one attached hydrogen (secondary N) is 2. The molecule has 2 fully saturated rings. The minimum Gasteiger partial charge on any atom is -0.327 e. The van der Waals surface area contributed by atoms with Crippen LogP contribution < -0.4 is 16.4 Å². The molecule has 2 heterocycles. The molecule has 3 atom stereocenters. The van der Waals surface area contributed by atoms with Gasteiger partial charge in [0.1, 0.15) is 6.04 Å². The van der Waals surface area contributed by atoms with Crippen LogP contribution in [0, 0.1) is 5.92 Å². The number of carbonyl (C=O) groups excluding carboxylic acids is 3. The lowest BCUT2D eigenvalue weighted by atomic mass is 10.0. The Balaban J connectivity index is 1.42. The van der Waals surface area contributed by atoms with Crippen molar-refractivity contribution in [1.29, 1.82) is 0 Å². The number of hydrogen-bond donors (Lipinski definition) is 3. The first-order chi connectivity index (χ1) is 12.0. The Morgan fingerprint density at radius 1 is 1.28 bits per heavy atom. The highest BCUT2D eigenvalue weighted by Gasteiger charge is 2.39. The molecule has 4 N–H and O–H groups in total. The van der Waals surface area contributed by atoms with Crippen molar-refractivity contribution in [2.45, 2.75) is 44.4 Å². The second-order valence-electron chi connectivity index (χ2n) is 7.18. The molecule has 3 amide bonds. The maximum atomic E-state index is 12.6. The van der Waals surface area contributed by atoms with E-state index in [0.29, 0.717) is 30.5 Å². The molecule has 4 rings (SSSR count). The van der Waals surface area contributed by atoms with Gasteiger partial charge in [-0.25, -0.2) is 0 Å². The van der Waals surface area contributed by atoms with Crippen molar-refractivity contribution in [1.82, 2.24) is 15.5 Å². The van der Waals surface area contributed by atoms with Gasteiger partial charge in [0.15, 0.2) is 0 Å². The third kappa shape index (κ3) is 3.17. The fraction of sp³-hybridized carbons (Fsp3) is 0.500. The van der Waals surface area contributed by atoms with E-state index < -0.39 is 6.04 Å². The minimum absolute atomic E-state index is 0.132. The van der Waals surface area contributed by atoms with E-state index in [1.165, 1.54) is 0 Å². The summed E-state index contributed by atoms with van der Waals surface area (Å²) >= 11 is 0. The van der Waals surface area contributed by atoms with Crippen molar-refractivity contribution in [2.24, 2.45) is 11.7 Å². The Morgan fingerprint density at radius 3 is 2.80 bits per heavy atom. The lowest BCUT2D eigenvalue weighted by Crippen LogP contribution is -2.52. The molecule has 7 nitrogen and oxygen atoms in total. The fourth-order valence-electron chi connectivity index (χ4n) is 3.65. The normalized spacial score (nSPS) is 28.1. The summed E-state index contributed by atoms with van der Waals surface area (Å²) in [6.45, 7) is 2.07. The molecule has 3 aliphatic rings. The highest BCUT2D eigenvalue weighted by molar-refractivity contribution is 6.05. The first-order valence-electron chi connectivity index (χ1n) is 8.75. The van der Waals surface area contributed by atoms with Gasteiger partial charge >= 0.3 is 0 Å². The average Bonchev–Trinajstić information content (AvgIpc) is 3.18. The van der Waals surface area contributed by atoms with Crippen LogP contribution in [0.25, 0.3) is 0 Å². The largest absolute Gasteiger partial charge is 0.327 e. The molecule has 7 heteroatoms. The molecule has 1 aliphatic carbocycles. The Morgan fingerprint density at radius 2 is 2.08 bits per heavy atom. The first kappa shape index (κ1) is 16.2. The van der Waals surface area contributed by atoms with Crippen molar-refractivity contribution in [2.75, 3.05) is 6.54 Å². The Kier molecular flexibility index (Phi) is 4.05. The summed E-state index contributed by atoms with van der Waals surface area (Å²) in [7, 11) is 0. The molecule has 1 aromatic rings. The topological polar surface area (TPSA) is 105 Å². The quantitative estimate of drug-likeness (QED) is 0.648. The van der Waals surface area contributed by atoms with Crippen LogP contribution in [0.3, 0.4) is 0 Å². The SMILES string of the molecule is NC1CC1CNCc1ccc2c(c1)CN(C1CCC(=O)NC1=O)C2=O. The van der Waals surface area contributed by atoms with E-state index in [0.717, 1.165) is 30.6 Å². The van der Waals surface area contributed by atoms with Crippen molar-refractivity contribution in [3.8, 4) is 0 Å². The molecular weight excluding hydrogens is 320 g/mol. The number of carbonyl (C=O) groups is 3. The van der Waals surface area contributed by atoms with Crippen LogP contribution in [0.15, 0.2) is 18.2 Å². The number of amides is 3. The van der Waals surface area contributed by atoms with Crippen LogP contribution in [0.1, 0.15) is 40.7 Å². The van der Waals surface area contributed by atoms with Crippen molar-refractivity contribution >= 4 is 17.7 Å². The average molecular weight is 342 g/mol. The summed E-state index contributed by atoms with van der Waals surface area (Å²) in [5.74, 6) is -0.193. The van der Waals surface area contributed by atoms with Crippen molar-refractivity contribution in [3.63, 3.8) is 0 Å². The molecule has 2 aliphatic heterocycles. The summed E-state index contributed by atoms with van der Waals surface area (Å²) in [6, 6.07) is 5.59. The lowest BCUT2D eigenvalue weighted by molar-refractivity contribution is -0.136. The Bertz CT molecular complexity index is 748. The van der Waals surface area contributed by atoms with Gasteiger partial charge < -0.3 is 16.0 Å². The van der Waals surface area contributed by atoms with E-state index in [2.05, 4.69) is 10.6 Å². The van der Waals surface area contributed by atoms with Gasteiger partial charge in [0.2, 0.25) is 11.8 Å². The van der Waals surface area contributed by atoms with Gasteiger partial charge in [0, 0.05) is 31.1 Å². The predicted molar refractivity (Wildman–Crippen MR) is 90.3 cm³/mol. The van der Waals surface area contributed by atoms with Crippen LogP contribution in [-0.4, -0.2) is 41.2 Å². The van der Waals surface area contributed by atoms with Crippen molar-refractivity contribution < 1.29 is 14.4 Å². The molecule has 1 saturated heterocycles. The third-order valence-electron chi connectivity index (χ3n) is 5.30. The highest BCUT2D eigenvalue weighted by Crippen LogP contribution is 2.29. The Hall–Kier alpha value is -2.25. The van der Waals surface area contributed by atoms with Crippen molar-refractivity contribution in [3.05, 3.63) is 34.9 Å². The zero-order chi connectivity index (χ0) is 17.6. The number of imide groups is 1. The van der Waals surface area contributed by atoms with E-state index in [4.69, 9.17) is 5.73 Å². The molecule has 0 spiro atoms. The lowest BCUT2D eigenvalue weighted by Gasteiger charge is -2.29. The number of benzene rings is 1. The summed E-state index contributed by atoms with van der Waals surface area (Å²) < 4.78 is 0. The van der Waals surface area contributed by atoms with E-state index in [1.54, 1.807) is 4.90 Å². The number of nitrogens with zero attached hydrogens (tertiary/aromatic N) is 1. The van der Waals surface area contributed by atoms with Gasteiger partial charge in [-0.1, -0.05) is 12.1 Å². The van der Waals surface area contributed by atoms with E-state index in [9.17, 15) is 14.4 Å². The zero-order valence-corrected chi connectivity index (χ0v) is 14.0. The predicted octanol–water partition coefficient (Wildman–Crippen LogP) is -0.116. The second kappa shape index (κ2) is 6.24. The standard InChI is InChI=1S/C18H22N4O3/c19-14-6-11(14)8-20-7-10-1-2-13-12(5-10)9-22(18(13)25)15-3-4-16(23)21-17(15)24/h1-2,5,11,14-15,20H,3-4,6-9,19H2,(H,21,23,24). The number of hydrogen-bond acceptors (Lipinski definition) is 5. The number of piperidine rings is 1. The van der Waals surface area contributed by atoms with Gasteiger partial charge in [-0.2, -0.15) is 0 Å². The van der Waals surface area contributed by atoms with Gasteiger partial charge in [-0.15, -0.1) is 0 Å². The number of fused-ring (bicyclic) bond motifs is 1. The fourth-order valence-corrected chi connectivity index (χ4v) is 3.65. The van der Waals surface area contributed by atoms with E-state index >= 15 is 0 Å². The molecule has 0 radical (unpaired) electrons. The van der Waals surface area contributed by atoms with Crippen LogP contribution >= 0.6 is 0 Å². The molecule has 3 unspecified atom stereocenters. The van der Waals surface area contributed by atoms with Gasteiger partial charge in [0.05, 0.1) is 0 Å². The number of nitrogens with two attached hydrogens (primary N) is 1. The Labute approximate surface area is 145 Å². The van der Waals surface area contributed by atoms with Gasteiger partial charge in [-0.3, -0.25) is 19.7 Å². The smallest absolute Gasteiger partial charge is 0.255 e. The number of rotatable bonds is 5. The third-order valence-corrected chi connectivity index (χ3v) is 5.30. The van der Waals surface area contributed by atoms with Gasteiger partial charge in [0.25, 0.3) is 5.91 Å². The van der Waals surface area contributed by atoms with Crippen LogP contribution in [0.5, 0.6) is 0 Å². The second-order valence-corrected chi connectivity index (χ2v) is 7.18. The van der Waals surface area contributed by atoms with Crippen LogP contribution in [0.2, 0.25) is 0 Å². The molecule has 0 bridgehead atoms. The summed E-state index contributed by atoms with van der Waals surface area (Å²) in [5, 5.41) is 5.72. The molecule has 1 saturated carbocycles. The summed E-state index contributed by atoms with van der Waals surface area (Å²) in [5.41, 5.74) is 8.51. The summed E-state index contributed by atoms with van der Waals surface area (Å²) in [6.07, 6.45) is 1.75. The van der Waals surface area contributed by atoms with Crippen LogP contribution in [-0.2, 0) is 22.7 Å². The zero-order valence-electron chi connectivity index (χ0n) is 14.0. The summed E-state index contributed by atoms with van der Waals surface area (Å²) in [4.78, 5) is 37.5. The molecule has 0 aromatic heterocycles. The minimum atomic E-state index is -0.560. The van der Waals surface area contributed by atoms with E-state index in [1.807, 2.05) is 18.2 Å². The molecule has 1 aromatic carbocycles. The maximum Gasteiger partial charge on any atom is 0.255 e. The maximum absolute atomic E-state index is 12.6.